The van der Waals surface area contributed by atoms with Gasteiger partial charge in [0.1, 0.15) is 27.7 Å². The number of benzene rings is 1. The Hall–Kier alpha value is -3.61. The van der Waals surface area contributed by atoms with Crippen LogP contribution in [-0.2, 0) is 30.3 Å². The summed E-state index contributed by atoms with van der Waals surface area (Å²) in [5.74, 6) is 0.329. The number of rotatable bonds is 5. The lowest BCUT2D eigenvalue weighted by Gasteiger charge is -2.22. The molecule has 4 aromatic rings. The number of hydrogen-bond acceptors (Lipinski definition) is 6. The second-order valence-electron chi connectivity index (χ2n) is 7.21. The summed E-state index contributed by atoms with van der Waals surface area (Å²) < 4.78 is 74.5. The maximum Gasteiger partial charge on any atom is 0.433 e. The van der Waals surface area contributed by atoms with Crippen LogP contribution in [0.25, 0.3) is 22.3 Å². The predicted octanol–water partition coefficient (Wildman–Crippen LogP) is 3.22. The summed E-state index contributed by atoms with van der Waals surface area (Å²) in [6, 6.07) is 6.85. The number of ether oxygens (including phenoxy) is 1. The molecule has 13 heteroatoms. The van der Waals surface area contributed by atoms with Gasteiger partial charge in [-0.3, -0.25) is 18.7 Å². The van der Waals surface area contributed by atoms with Crippen LogP contribution in [-0.4, -0.2) is 47.1 Å². The van der Waals surface area contributed by atoms with Crippen molar-refractivity contribution >= 4 is 26.6 Å². The smallest absolute Gasteiger partial charge is 0.433 e. The third-order valence-corrected chi connectivity index (χ3v) is 6.94. The summed E-state index contributed by atoms with van der Waals surface area (Å²) in [6.07, 6.45) is -1.88. The van der Waals surface area contributed by atoms with Gasteiger partial charge in [-0.15, -0.1) is 0 Å². The van der Waals surface area contributed by atoms with Crippen LogP contribution in [0.3, 0.4) is 0 Å². The molecule has 33 heavy (non-hydrogen) atoms. The van der Waals surface area contributed by atoms with E-state index in [-0.39, 0.29) is 16.3 Å². The molecule has 9 nitrogen and oxygen atoms in total. The molecular formula is C20H19F3N6O3S. The Bertz CT molecular complexity index is 1440. The summed E-state index contributed by atoms with van der Waals surface area (Å²) in [4.78, 5) is 3.89. The Morgan fingerprint density at radius 2 is 1.76 bits per heavy atom. The molecule has 3 heterocycles. The highest BCUT2D eigenvalue weighted by molar-refractivity contribution is 7.92. The van der Waals surface area contributed by atoms with Gasteiger partial charge in [-0.05, 0) is 30.3 Å². The summed E-state index contributed by atoms with van der Waals surface area (Å²) in [5, 5.41) is 8.73. The molecule has 0 aliphatic carbocycles. The van der Waals surface area contributed by atoms with Gasteiger partial charge in [-0.25, -0.2) is 8.42 Å². The number of anilines is 1. The molecule has 0 saturated carbocycles. The molecule has 0 saturated heterocycles. The molecule has 0 aliphatic rings. The van der Waals surface area contributed by atoms with Crippen LogP contribution in [0.5, 0.6) is 5.75 Å². The molecule has 174 valence electrons. The van der Waals surface area contributed by atoms with Crippen molar-refractivity contribution in [3.05, 3.63) is 48.4 Å². The van der Waals surface area contributed by atoms with Gasteiger partial charge in [0.15, 0.2) is 0 Å². The van der Waals surface area contributed by atoms with Crippen LogP contribution in [0, 0.1) is 0 Å². The van der Waals surface area contributed by atoms with Crippen molar-refractivity contribution in [1.29, 1.82) is 0 Å². The number of methoxy groups -OCH3 is 1. The monoisotopic (exact) mass is 480 g/mol. The van der Waals surface area contributed by atoms with Gasteiger partial charge in [0.2, 0.25) is 0 Å². The zero-order valence-electron chi connectivity index (χ0n) is 18.0. The molecule has 0 unspecified atom stereocenters. The van der Waals surface area contributed by atoms with Gasteiger partial charge in [0, 0.05) is 32.7 Å². The largest absolute Gasteiger partial charge is 0.494 e. The van der Waals surface area contributed by atoms with Crippen LogP contribution in [0.2, 0.25) is 0 Å². The molecule has 0 amide bonds. The van der Waals surface area contributed by atoms with E-state index in [1.807, 2.05) is 0 Å². The molecule has 0 aliphatic heterocycles. The zero-order valence-corrected chi connectivity index (χ0v) is 18.8. The molecule has 1 aromatic carbocycles. The highest BCUT2D eigenvalue weighted by Crippen LogP contribution is 2.38. The van der Waals surface area contributed by atoms with Crippen molar-refractivity contribution < 1.29 is 26.3 Å². The van der Waals surface area contributed by atoms with Crippen molar-refractivity contribution in [2.24, 2.45) is 14.1 Å². The molecular weight excluding hydrogens is 461 g/mol. The van der Waals surface area contributed by atoms with Gasteiger partial charge in [-0.1, -0.05) is 0 Å². The van der Waals surface area contributed by atoms with Crippen LogP contribution >= 0.6 is 0 Å². The quantitative estimate of drug-likeness (QED) is 0.435. The maximum atomic E-state index is 13.3. The number of sulfonamides is 1. The minimum atomic E-state index is -4.57. The van der Waals surface area contributed by atoms with E-state index < -0.39 is 21.9 Å². The van der Waals surface area contributed by atoms with Crippen molar-refractivity contribution in [3.63, 3.8) is 0 Å². The number of fused-ring (bicyclic) bond motifs is 1. The van der Waals surface area contributed by atoms with Crippen molar-refractivity contribution in [3.8, 4) is 17.1 Å². The first-order chi connectivity index (χ1) is 15.4. The average molecular weight is 480 g/mol. The second-order valence-corrected chi connectivity index (χ2v) is 9.18. The van der Waals surface area contributed by atoms with Crippen LogP contribution in [0.4, 0.5) is 18.9 Å². The van der Waals surface area contributed by atoms with Crippen molar-refractivity contribution in [2.75, 3.05) is 18.5 Å². The SMILES string of the molecule is COc1ccc2cnn(C)c2c1N(C)S(=O)(=O)c1ccc(-c2cc(C(F)(F)F)n(C)n2)nc1. The fourth-order valence-electron chi connectivity index (χ4n) is 3.52. The van der Waals surface area contributed by atoms with E-state index in [0.717, 1.165) is 22.0 Å². The van der Waals surface area contributed by atoms with Gasteiger partial charge < -0.3 is 4.74 Å². The zero-order chi connectivity index (χ0) is 24.1. The molecule has 0 atom stereocenters. The summed E-state index contributed by atoms with van der Waals surface area (Å²) in [7, 11) is 1.57. The normalized spacial score (nSPS) is 12.3. The molecule has 0 spiro atoms. The Kier molecular flexibility index (Phi) is 5.31. The van der Waals surface area contributed by atoms with Gasteiger partial charge in [-0.2, -0.15) is 23.4 Å². The number of aromatic nitrogens is 5. The number of halogens is 3. The maximum absolute atomic E-state index is 13.3. The lowest BCUT2D eigenvalue weighted by Crippen LogP contribution is -2.27. The number of pyridine rings is 1. The molecule has 0 N–H and O–H groups in total. The minimum Gasteiger partial charge on any atom is -0.494 e. The first kappa shape index (κ1) is 22.6. The van der Waals surface area contributed by atoms with E-state index >= 15 is 0 Å². The first-order valence-electron chi connectivity index (χ1n) is 9.50. The van der Waals surface area contributed by atoms with E-state index in [0.29, 0.717) is 21.6 Å². The number of aryl methyl sites for hydroxylation is 2. The second kappa shape index (κ2) is 7.76. The molecule has 0 radical (unpaired) electrons. The predicted molar refractivity (Wildman–Crippen MR) is 114 cm³/mol. The Morgan fingerprint density at radius 1 is 1.03 bits per heavy atom. The first-order valence-corrected chi connectivity index (χ1v) is 10.9. The van der Waals surface area contributed by atoms with Crippen LogP contribution in [0.15, 0.2) is 47.6 Å². The topological polar surface area (TPSA) is 95.1 Å². The van der Waals surface area contributed by atoms with E-state index in [1.54, 1.807) is 30.1 Å². The highest BCUT2D eigenvalue weighted by Gasteiger charge is 2.35. The Morgan fingerprint density at radius 3 is 2.33 bits per heavy atom. The van der Waals surface area contributed by atoms with Crippen LogP contribution in [0.1, 0.15) is 5.69 Å². The van der Waals surface area contributed by atoms with Crippen molar-refractivity contribution in [2.45, 2.75) is 11.1 Å². The third kappa shape index (κ3) is 3.77. The molecule has 0 fully saturated rings. The summed E-state index contributed by atoms with van der Waals surface area (Å²) in [5.41, 5.74) is -0.0126. The lowest BCUT2D eigenvalue weighted by molar-refractivity contribution is -0.143. The Balaban J connectivity index is 1.74. The lowest BCUT2D eigenvalue weighted by atomic mass is 10.2. The minimum absolute atomic E-state index is 0.0246. The van der Waals surface area contributed by atoms with E-state index in [2.05, 4.69) is 15.2 Å². The third-order valence-electron chi connectivity index (χ3n) is 5.20. The molecule has 3 aromatic heterocycles. The molecule has 0 bridgehead atoms. The molecule has 4 rings (SSSR count). The fourth-order valence-corrected chi connectivity index (χ4v) is 4.68. The van der Waals surface area contributed by atoms with Crippen LogP contribution < -0.4 is 9.04 Å². The van der Waals surface area contributed by atoms with Gasteiger partial charge >= 0.3 is 6.18 Å². The fraction of sp³-hybridized carbons (Fsp3) is 0.250. The summed E-state index contributed by atoms with van der Waals surface area (Å²) in [6.45, 7) is 0. The average Bonchev–Trinajstić information content (AvgIpc) is 3.35. The highest BCUT2D eigenvalue weighted by atomic mass is 32.2. The van der Waals surface area contributed by atoms with Gasteiger partial charge in [0.05, 0.1) is 24.5 Å². The number of alkyl halides is 3. The van der Waals surface area contributed by atoms with Crippen molar-refractivity contribution in [1.82, 2.24) is 24.5 Å². The number of nitrogens with zero attached hydrogens (tertiary/aromatic N) is 6. The van der Waals surface area contributed by atoms with E-state index in [4.69, 9.17) is 4.74 Å². The standard InChI is InChI=1S/C20H19F3N6O3S/c1-27-17(20(21,22)23)9-15(26-27)14-7-6-13(11-24-14)33(30,31)29(3)19-16(32-4)8-5-12-10-25-28(2)18(12)19/h5-11H,1-4H3. The number of hydrogen-bond donors (Lipinski definition) is 0. The van der Waals surface area contributed by atoms with Gasteiger partial charge in [0.25, 0.3) is 10.0 Å². The Labute approximate surface area is 187 Å². The van der Waals surface area contributed by atoms with E-state index in [9.17, 15) is 21.6 Å². The summed E-state index contributed by atoms with van der Waals surface area (Å²) >= 11 is 0. The van der Waals surface area contributed by atoms with E-state index in [1.165, 1.54) is 33.3 Å².